The fraction of sp³-hybridized carbons (Fsp3) is 0.444. The molecular weight excluding hydrogens is 219 g/mol. The Morgan fingerprint density at radius 3 is 2.93 bits per heavy atom. The summed E-state index contributed by atoms with van der Waals surface area (Å²) in [5.41, 5.74) is 0.259. The van der Waals surface area contributed by atoms with E-state index in [4.69, 9.17) is 11.6 Å². The third kappa shape index (κ3) is 1.92. The van der Waals surface area contributed by atoms with E-state index in [9.17, 15) is 4.39 Å². The molecule has 80 valence electrons. The van der Waals surface area contributed by atoms with Crippen molar-refractivity contribution in [2.75, 3.05) is 0 Å². The molecule has 0 atom stereocenters. The van der Waals surface area contributed by atoms with Gasteiger partial charge in [0.05, 0.1) is 6.20 Å². The molecule has 2 aromatic rings. The first-order chi connectivity index (χ1) is 7.08. The third-order valence-corrected chi connectivity index (χ3v) is 2.15. The number of rotatable bonds is 2. The molecular formula is C9H10ClFN4. The molecule has 0 saturated carbocycles. The van der Waals surface area contributed by atoms with E-state index in [-0.39, 0.29) is 10.8 Å². The Labute approximate surface area is 91.1 Å². The monoisotopic (exact) mass is 228 g/mol. The fourth-order valence-corrected chi connectivity index (χ4v) is 1.51. The highest BCUT2D eigenvalue weighted by atomic mass is 35.5. The molecule has 4 nitrogen and oxygen atoms in total. The van der Waals surface area contributed by atoms with Crippen LogP contribution in [0.25, 0.3) is 5.52 Å². The number of fused-ring (bicyclic) bond motifs is 1. The van der Waals surface area contributed by atoms with Gasteiger partial charge in [-0.25, -0.2) is 14.5 Å². The predicted octanol–water partition coefficient (Wildman–Crippen LogP) is 2.12. The molecule has 6 heteroatoms. The van der Waals surface area contributed by atoms with Gasteiger partial charge >= 0.3 is 0 Å². The number of hydrogen-bond donors (Lipinski definition) is 0. The van der Waals surface area contributed by atoms with Crippen LogP contribution in [0, 0.1) is 11.9 Å². The molecule has 0 aliphatic carbocycles. The summed E-state index contributed by atoms with van der Waals surface area (Å²) in [6.07, 6.45) is 1.99. The number of halogens is 2. The van der Waals surface area contributed by atoms with Gasteiger partial charge in [-0.1, -0.05) is 13.8 Å². The molecule has 0 radical (unpaired) electrons. The lowest BCUT2D eigenvalue weighted by atomic mass is 10.1. The summed E-state index contributed by atoms with van der Waals surface area (Å²) in [5, 5.41) is 4.01. The van der Waals surface area contributed by atoms with E-state index in [0.29, 0.717) is 18.2 Å². The first-order valence-corrected chi connectivity index (χ1v) is 5.01. The molecule has 0 aromatic carbocycles. The van der Waals surface area contributed by atoms with Gasteiger partial charge < -0.3 is 0 Å². The molecule has 0 aliphatic rings. The van der Waals surface area contributed by atoms with Gasteiger partial charge in [-0.05, 0) is 17.5 Å². The van der Waals surface area contributed by atoms with Gasteiger partial charge in [0.1, 0.15) is 11.3 Å². The van der Waals surface area contributed by atoms with Gasteiger partial charge in [-0.3, -0.25) is 0 Å². The molecule has 0 amide bonds. The van der Waals surface area contributed by atoms with Crippen molar-refractivity contribution < 1.29 is 4.39 Å². The van der Waals surface area contributed by atoms with Crippen molar-refractivity contribution in [2.45, 2.75) is 20.3 Å². The largest absolute Gasteiger partial charge is 0.242 e. The van der Waals surface area contributed by atoms with Crippen LogP contribution in [0.5, 0.6) is 0 Å². The quantitative estimate of drug-likeness (QED) is 0.791. The summed E-state index contributed by atoms with van der Waals surface area (Å²) in [4.78, 5) is 7.52. The summed E-state index contributed by atoms with van der Waals surface area (Å²) in [7, 11) is 0. The summed E-state index contributed by atoms with van der Waals surface area (Å²) in [5.74, 6) is 0.396. The molecule has 0 bridgehead atoms. The maximum Gasteiger partial charge on any atom is 0.242 e. The topological polar surface area (TPSA) is 43.1 Å². The van der Waals surface area contributed by atoms with Crippen molar-refractivity contribution >= 4 is 17.1 Å². The highest BCUT2D eigenvalue weighted by molar-refractivity contribution is 6.28. The van der Waals surface area contributed by atoms with Gasteiger partial charge in [0, 0.05) is 6.42 Å². The Bertz CT molecular complexity index is 494. The van der Waals surface area contributed by atoms with Crippen molar-refractivity contribution in [3.8, 4) is 0 Å². The van der Waals surface area contributed by atoms with Crippen molar-refractivity contribution in [1.29, 1.82) is 0 Å². The van der Waals surface area contributed by atoms with Crippen LogP contribution in [0.2, 0.25) is 5.28 Å². The fourth-order valence-electron chi connectivity index (χ4n) is 1.38. The molecule has 0 fully saturated rings. The smallest absolute Gasteiger partial charge is 0.223 e. The lowest BCUT2D eigenvalue weighted by molar-refractivity contribution is 0.577. The van der Waals surface area contributed by atoms with Crippen LogP contribution in [0.1, 0.15) is 19.7 Å². The zero-order valence-corrected chi connectivity index (χ0v) is 9.16. The summed E-state index contributed by atoms with van der Waals surface area (Å²) < 4.78 is 14.7. The average molecular weight is 229 g/mol. The van der Waals surface area contributed by atoms with E-state index in [0.717, 1.165) is 0 Å². The maximum atomic E-state index is 13.3. The second-order valence-corrected chi connectivity index (χ2v) is 4.08. The van der Waals surface area contributed by atoms with Gasteiger partial charge in [0.15, 0.2) is 0 Å². The van der Waals surface area contributed by atoms with Gasteiger partial charge in [-0.2, -0.15) is 4.39 Å². The second kappa shape index (κ2) is 3.73. The summed E-state index contributed by atoms with van der Waals surface area (Å²) >= 11 is 5.64. The van der Waals surface area contributed by atoms with E-state index in [1.165, 1.54) is 10.7 Å². The van der Waals surface area contributed by atoms with Crippen LogP contribution in [0.4, 0.5) is 4.39 Å². The molecule has 0 unspecified atom stereocenters. The number of imidazole rings is 1. The van der Waals surface area contributed by atoms with Crippen molar-refractivity contribution in [3.05, 3.63) is 23.3 Å². The highest BCUT2D eigenvalue weighted by Gasteiger charge is 2.13. The maximum absolute atomic E-state index is 13.3. The van der Waals surface area contributed by atoms with E-state index in [2.05, 4.69) is 15.1 Å². The predicted molar refractivity (Wildman–Crippen MR) is 54.3 cm³/mol. The van der Waals surface area contributed by atoms with Crippen molar-refractivity contribution in [2.24, 2.45) is 5.92 Å². The number of aromatic nitrogens is 4. The third-order valence-electron chi connectivity index (χ3n) is 1.98. The first-order valence-electron chi connectivity index (χ1n) is 4.63. The summed E-state index contributed by atoms with van der Waals surface area (Å²) in [6, 6.07) is 0. The minimum absolute atomic E-state index is 0.0879. The van der Waals surface area contributed by atoms with Crippen molar-refractivity contribution in [1.82, 2.24) is 19.6 Å². The minimum Gasteiger partial charge on any atom is -0.223 e. The Kier molecular flexibility index (Phi) is 2.56. The zero-order chi connectivity index (χ0) is 11.0. The molecule has 15 heavy (non-hydrogen) atoms. The molecule has 0 spiro atoms. The Balaban J connectivity index is 2.59. The standard InChI is InChI=1S/C9H10ClFN4/c1-5(2)3-7-13-8(11)6-4-12-9(10)14-15(6)7/h4-5H,3H2,1-2H3. The second-order valence-electron chi connectivity index (χ2n) is 3.74. The zero-order valence-electron chi connectivity index (χ0n) is 8.41. The van der Waals surface area contributed by atoms with E-state index in [1.54, 1.807) is 0 Å². The Morgan fingerprint density at radius 1 is 1.53 bits per heavy atom. The molecule has 2 heterocycles. The van der Waals surface area contributed by atoms with Crippen LogP contribution in [-0.2, 0) is 6.42 Å². The Morgan fingerprint density at radius 2 is 2.27 bits per heavy atom. The van der Waals surface area contributed by atoms with Crippen molar-refractivity contribution in [3.63, 3.8) is 0 Å². The minimum atomic E-state index is -0.553. The molecule has 0 aliphatic heterocycles. The van der Waals surface area contributed by atoms with E-state index in [1.807, 2.05) is 13.8 Å². The van der Waals surface area contributed by atoms with Gasteiger partial charge in [0.2, 0.25) is 11.2 Å². The van der Waals surface area contributed by atoms with E-state index < -0.39 is 5.95 Å². The lowest BCUT2D eigenvalue weighted by Gasteiger charge is -2.02. The molecule has 0 N–H and O–H groups in total. The number of hydrogen-bond acceptors (Lipinski definition) is 3. The molecule has 0 saturated heterocycles. The molecule has 2 rings (SSSR count). The number of nitrogens with zero attached hydrogens (tertiary/aromatic N) is 4. The first kappa shape index (κ1) is 10.3. The SMILES string of the molecule is CC(C)Cc1nc(F)c2cnc(Cl)nn12. The van der Waals surface area contributed by atoms with Gasteiger partial charge in [-0.15, -0.1) is 5.10 Å². The normalized spacial score (nSPS) is 11.5. The van der Waals surface area contributed by atoms with Crippen LogP contribution in [0.15, 0.2) is 6.20 Å². The van der Waals surface area contributed by atoms with E-state index >= 15 is 0 Å². The highest BCUT2D eigenvalue weighted by Crippen LogP contribution is 2.13. The van der Waals surface area contributed by atoms with Crippen LogP contribution in [0.3, 0.4) is 0 Å². The average Bonchev–Trinajstić information content (AvgIpc) is 2.42. The van der Waals surface area contributed by atoms with Crippen LogP contribution >= 0.6 is 11.6 Å². The van der Waals surface area contributed by atoms with Crippen LogP contribution < -0.4 is 0 Å². The van der Waals surface area contributed by atoms with Gasteiger partial charge in [0.25, 0.3) is 0 Å². The summed E-state index contributed by atoms with van der Waals surface area (Å²) in [6.45, 7) is 4.06. The Hall–Kier alpha value is -1.23. The lowest BCUT2D eigenvalue weighted by Crippen LogP contribution is -2.03. The van der Waals surface area contributed by atoms with Crippen LogP contribution in [-0.4, -0.2) is 19.6 Å². The molecule has 2 aromatic heterocycles.